The zero-order chi connectivity index (χ0) is 23.2. The van der Waals surface area contributed by atoms with E-state index < -0.39 is 5.91 Å². The SMILES string of the molecule is CCCCCCCCCOc1ccc(/C=N\NC(=O)c2cccn(CC)c2=O)cc1OC. The summed E-state index contributed by atoms with van der Waals surface area (Å²) in [6.45, 7) is 5.22. The predicted molar refractivity (Wildman–Crippen MR) is 128 cm³/mol. The van der Waals surface area contributed by atoms with Crippen molar-refractivity contribution in [3.63, 3.8) is 0 Å². The van der Waals surface area contributed by atoms with Gasteiger partial charge in [-0.05, 0) is 49.2 Å². The molecule has 0 atom stereocenters. The zero-order valence-corrected chi connectivity index (χ0v) is 19.4. The summed E-state index contributed by atoms with van der Waals surface area (Å²) in [6.07, 6.45) is 11.8. The summed E-state index contributed by atoms with van der Waals surface area (Å²) in [4.78, 5) is 24.5. The number of unbranched alkanes of at least 4 members (excludes halogenated alkanes) is 6. The third-order valence-corrected chi connectivity index (χ3v) is 5.18. The van der Waals surface area contributed by atoms with Crippen LogP contribution in [0.2, 0.25) is 0 Å². The summed E-state index contributed by atoms with van der Waals surface area (Å²) < 4.78 is 12.8. The second-order valence-electron chi connectivity index (χ2n) is 7.59. The fourth-order valence-electron chi connectivity index (χ4n) is 3.31. The second-order valence-corrected chi connectivity index (χ2v) is 7.59. The molecule has 2 aromatic rings. The largest absolute Gasteiger partial charge is 0.493 e. The number of nitrogens with one attached hydrogen (secondary N) is 1. The highest BCUT2D eigenvalue weighted by Gasteiger charge is 2.11. The Labute approximate surface area is 190 Å². The Kier molecular flexibility index (Phi) is 11.1. The fourth-order valence-corrected chi connectivity index (χ4v) is 3.31. The summed E-state index contributed by atoms with van der Waals surface area (Å²) in [6, 6.07) is 8.62. The number of pyridine rings is 1. The number of ether oxygens (including phenoxy) is 2. The maximum atomic E-state index is 12.3. The van der Waals surface area contributed by atoms with E-state index in [0.29, 0.717) is 24.7 Å². The van der Waals surface area contributed by atoms with Crippen LogP contribution >= 0.6 is 0 Å². The van der Waals surface area contributed by atoms with Gasteiger partial charge in [0.05, 0.1) is 19.9 Å². The van der Waals surface area contributed by atoms with Crippen molar-refractivity contribution in [3.8, 4) is 11.5 Å². The minimum Gasteiger partial charge on any atom is -0.493 e. The minimum absolute atomic E-state index is 0.0539. The van der Waals surface area contributed by atoms with Crippen molar-refractivity contribution in [1.29, 1.82) is 0 Å². The van der Waals surface area contributed by atoms with Crippen LogP contribution in [0.1, 0.15) is 74.7 Å². The van der Waals surface area contributed by atoms with Crippen molar-refractivity contribution in [1.82, 2.24) is 9.99 Å². The van der Waals surface area contributed by atoms with Crippen molar-refractivity contribution >= 4 is 12.1 Å². The maximum absolute atomic E-state index is 12.3. The predicted octanol–water partition coefficient (Wildman–Crippen LogP) is 4.77. The highest BCUT2D eigenvalue weighted by atomic mass is 16.5. The standard InChI is InChI=1S/C25H35N3O4/c1-4-6-7-8-9-10-11-17-32-22-15-14-20(18-23(22)31-3)19-26-27-24(29)21-13-12-16-28(5-2)25(21)30/h12-16,18-19H,4-11,17H2,1-3H3,(H,27,29)/b26-19-. The first-order valence-corrected chi connectivity index (χ1v) is 11.4. The van der Waals surface area contributed by atoms with Crippen molar-refractivity contribution in [2.24, 2.45) is 5.10 Å². The van der Waals surface area contributed by atoms with Gasteiger partial charge in [-0.2, -0.15) is 5.10 Å². The molecule has 0 radical (unpaired) electrons. The molecule has 0 bridgehead atoms. The Morgan fingerprint density at radius 1 is 1.06 bits per heavy atom. The average molecular weight is 442 g/mol. The third kappa shape index (κ3) is 7.87. The first kappa shape index (κ1) is 25.2. The highest BCUT2D eigenvalue weighted by Crippen LogP contribution is 2.27. The number of benzene rings is 1. The third-order valence-electron chi connectivity index (χ3n) is 5.18. The van der Waals surface area contributed by atoms with Crippen LogP contribution in [-0.4, -0.2) is 30.4 Å². The van der Waals surface area contributed by atoms with E-state index in [4.69, 9.17) is 9.47 Å². The van der Waals surface area contributed by atoms with E-state index in [0.717, 1.165) is 12.0 Å². The molecule has 2 rings (SSSR count). The Morgan fingerprint density at radius 2 is 1.81 bits per heavy atom. The lowest BCUT2D eigenvalue weighted by molar-refractivity contribution is 0.0953. The number of aryl methyl sites for hydroxylation is 1. The van der Waals surface area contributed by atoms with Crippen LogP contribution in [0.15, 0.2) is 46.4 Å². The normalized spacial score (nSPS) is 11.0. The Morgan fingerprint density at radius 3 is 2.53 bits per heavy atom. The van der Waals surface area contributed by atoms with Gasteiger partial charge in [-0.25, -0.2) is 5.43 Å². The van der Waals surface area contributed by atoms with E-state index >= 15 is 0 Å². The summed E-state index contributed by atoms with van der Waals surface area (Å²) in [5, 5.41) is 3.97. The molecule has 0 saturated heterocycles. The number of carbonyl (C=O) groups is 1. The Hall–Kier alpha value is -3.09. The Balaban J connectivity index is 1.86. The highest BCUT2D eigenvalue weighted by molar-refractivity contribution is 5.94. The molecule has 0 aliphatic rings. The van der Waals surface area contributed by atoms with E-state index in [-0.39, 0.29) is 11.1 Å². The topological polar surface area (TPSA) is 81.9 Å². The maximum Gasteiger partial charge on any atom is 0.276 e. The molecule has 0 spiro atoms. The molecule has 1 heterocycles. The summed E-state index contributed by atoms with van der Waals surface area (Å²) in [7, 11) is 1.59. The van der Waals surface area contributed by atoms with Gasteiger partial charge in [-0.3, -0.25) is 9.59 Å². The molecule has 0 fully saturated rings. The van der Waals surface area contributed by atoms with E-state index in [1.807, 2.05) is 19.1 Å². The first-order chi connectivity index (χ1) is 15.6. The number of carbonyl (C=O) groups excluding carboxylic acids is 1. The molecule has 1 aromatic carbocycles. The van der Waals surface area contributed by atoms with Gasteiger partial charge < -0.3 is 14.0 Å². The molecule has 7 heteroatoms. The molecule has 174 valence electrons. The molecule has 32 heavy (non-hydrogen) atoms. The number of rotatable bonds is 14. The average Bonchev–Trinajstić information content (AvgIpc) is 2.81. The molecule has 1 N–H and O–H groups in total. The van der Waals surface area contributed by atoms with Gasteiger partial charge in [0.2, 0.25) is 0 Å². The molecule has 0 aliphatic carbocycles. The number of amides is 1. The molecule has 0 aliphatic heterocycles. The van der Waals surface area contributed by atoms with Crippen LogP contribution in [-0.2, 0) is 6.54 Å². The molecular weight excluding hydrogens is 406 g/mol. The molecule has 1 aromatic heterocycles. The van der Waals surface area contributed by atoms with E-state index in [9.17, 15) is 9.59 Å². The van der Waals surface area contributed by atoms with Gasteiger partial charge in [0.25, 0.3) is 11.5 Å². The fraction of sp³-hybridized carbons (Fsp3) is 0.480. The Bertz CT molecular complexity index is 937. The molecular formula is C25H35N3O4. The number of aromatic nitrogens is 1. The number of methoxy groups -OCH3 is 1. The number of nitrogens with zero attached hydrogens (tertiary/aromatic N) is 2. The quantitative estimate of drug-likeness (QED) is 0.260. The van der Waals surface area contributed by atoms with Gasteiger partial charge in [0.1, 0.15) is 5.56 Å². The molecule has 7 nitrogen and oxygen atoms in total. The summed E-state index contributed by atoms with van der Waals surface area (Å²) in [5.74, 6) is 0.747. The van der Waals surface area contributed by atoms with Gasteiger partial charge in [-0.15, -0.1) is 0 Å². The van der Waals surface area contributed by atoms with Crippen molar-refractivity contribution in [2.75, 3.05) is 13.7 Å². The smallest absolute Gasteiger partial charge is 0.276 e. The number of hydrazone groups is 1. The summed E-state index contributed by atoms with van der Waals surface area (Å²) in [5.41, 5.74) is 2.86. The summed E-state index contributed by atoms with van der Waals surface area (Å²) >= 11 is 0. The van der Waals surface area contributed by atoms with E-state index in [2.05, 4.69) is 17.5 Å². The van der Waals surface area contributed by atoms with Crippen LogP contribution in [0.3, 0.4) is 0 Å². The van der Waals surface area contributed by atoms with E-state index in [1.165, 1.54) is 55.4 Å². The minimum atomic E-state index is -0.546. The van der Waals surface area contributed by atoms with E-state index in [1.54, 1.807) is 25.4 Å². The first-order valence-electron chi connectivity index (χ1n) is 11.4. The van der Waals surface area contributed by atoms with Gasteiger partial charge >= 0.3 is 0 Å². The number of hydrogen-bond acceptors (Lipinski definition) is 5. The monoisotopic (exact) mass is 441 g/mol. The molecule has 0 unspecified atom stereocenters. The zero-order valence-electron chi connectivity index (χ0n) is 19.4. The molecule has 0 saturated carbocycles. The second kappa shape index (κ2) is 14.1. The van der Waals surface area contributed by atoms with Gasteiger partial charge in [0, 0.05) is 12.7 Å². The lowest BCUT2D eigenvalue weighted by Gasteiger charge is -2.11. The van der Waals surface area contributed by atoms with Crippen LogP contribution in [0.5, 0.6) is 11.5 Å². The van der Waals surface area contributed by atoms with Crippen molar-refractivity contribution in [2.45, 2.75) is 65.3 Å². The molecule has 1 amide bonds. The van der Waals surface area contributed by atoms with Crippen LogP contribution < -0.4 is 20.5 Å². The number of hydrogen-bond donors (Lipinski definition) is 1. The van der Waals surface area contributed by atoms with Crippen LogP contribution in [0.25, 0.3) is 0 Å². The lowest BCUT2D eigenvalue weighted by atomic mass is 10.1. The van der Waals surface area contributed by atoms with Crippen molar-refractivity contribution < 1.29 is 14.3 Å². The van der Waals surface area contributed by atoms with Crippen LogP contribution in [0.4, 0.5) is 0 Å². The van der Waals surface area contributed by atoms with Crippen LogP contribution in [0, 0.1) is 0 Å². The van der Waals surface area contributed by atoms with Gasteiger partial charge in [-0.1, -0.05) is 45.4 Å². The van der Waals surface area contributed by atoms with Gasteiger partial charge in [0.15, 0.2) is 11.5 Å². The lowest BCUT2D eigenvalue weighted by Crippen LogP contribution is -2.30. The van der Waals surface area contributed by atoms with Crippen molar-refractivity contribution in [3.05, 3.63) is 58.0 Å².